The van der Waals surface area contributed by atoms with Gasteiger partial charge >= 0.3 is 0 Å². The molecule has 0 spiro atoms. The molecule has 11 heteroatoms. The normalized spacial score (nSPS) is 14.2. The second kappa shape index (κ2) is 13.3. The van der Waals surface area contributed by atoms with Gasteiger partial charge in [-0.15, -0.1) is 0 Å². The Morgan fingerprint density at radius 2 is 1.55 bits per heavy atom. The summed E-state index contributed by atoms with van der Waals surface area (Å²) < 4.78 is 15.2. The van der Waals surface area contributed by atoms with Gasteiger partial charge in [-0.25, -0.2) is 0 Å². The molecule has 1 saturated carbocycles. The number of nitrogens with zero attached hydrogens (tertiary/aromatic N) is 2. The van der Waals surface area contributed by atoms with E-state index in [2.05, 4.69) is 9.69 Å². The average molecular weight is 566 g/mol. The molecule has 1 aromatic heterocycles. The maximum absolute atomic E-state index is 14.2. The summed E-state index contributed by atoms with van der Waals surface area (Å²) in [6.45, 7) is 4.74. The molecule has 0 bridgehead atoms. The van der Waals surface area contributed by atoms with Crippen LogP contribution in [0.5, 0.6) is 11.5 Å². The van der Waals surface area contributed by atoms with Gasteiger partial charge in [-0.05, 0) is 80.2 Å². The quantitative estimate of drug-likeness (QED) is 0.311. The number of benzene rings is 2. The number of hydrogen-bond acceptors (Lipinski definition) is 8. The van der Waals surface area contributed by atoms with E-state index in [4.69, 9.17) is 20.9 Å². The molecule has 1 aliphatic rings. The Balaban J connectivity index is 1.82. The zero-order chi connectivity index (χ0) is 28.6. The molecule has 40 heavy (non-hydrogen) atoms. The lowest BCUT2D eigenvalue weighted by molar-refractivity contribution is -0.123. The van der Waals surface area contributed by atoms with Gasteiger partial charge < -0.3 is 26.3 Å². The van der Waals surface area contributed by atoms with E-state index in [1.165, 1.54) is 4.90 Å². The van der Waals surface area contributed by atoms with E-state index in [1.54, 1.807) is 48.5 Å². The zero-order valence-corrected chi connectivity index (χ0v) is 23.5. The molecule has 0 aliphatic heterocycles. The van der Waals surface area contributed by atoms with Gasteiger partial charge in [0.2, 0.25) is 5.91 Å². The Hall–Kier alpha value is -4.12. The van der Waals surface area contributed by atoms with Crippen LogP contribution in [0.2, 0.25) is 0 Å². The van der Waals surface area contributed by atoms with Crippen molar-refractivity contribution >= 4 is 40.6 Å². The number of amides is 3. The molecule has 5 N–H and O–H groups in total. The highest BCUT2D eigenvalue weighted by Gasteiger charge is 2.37. The first-order valence-corrected chi connectivity index (χ1v) is 14.3. The SMILES string of the molecule is CCOc1ccc([C@@H](C(=O)NC2CCCCC2)N(C(=O)c2snc(C(N)=O)c2N)c2ccc(OCC)cc2)cc1. The predicted molar refractivity (Wildman–Crippen MR) is 155 cm³/mol. The van der Waals surface area contributed by atoms with Gasteiger partial charge in [-0.3, -0.25) is 19.3 Å². The minimum atomic E-state index is -1.05. The summed E-state index contributed by atoms with van der Waals surface area (Å²) >= 11 is 0.772. The first-order chi connectivity index (χ1) is 19.3. The van der Waals surface area contributed by atoms with Crippen LogP contribution in [0.15, 0.2) is 48.5 Å². The number of nitrogens with one attached hydrogen (secondary N) is 1. The molecular weight excluding hydrogens is 530 g/mol. The molecule has 1 heterocycles. The van der Waals surface area contributed by atoms with Gasteiger partial charge in [0.05, 0.1) is 18.9 Å². The van der Waals surface area contributed by atoms with Crippen LogP contribution in [0, 0.1) is 0 Å². The Labute approximate surface area is 237 Å². The third kappa shape index (κ3) is 6.53. The number of carbonyl (C=O) groups excluding carboxylic acids is 3. The van der Waals surface area contributed by atoms with Crippen LogP contribution >= 0.6 is 11.5 Å². The fourth-order valence-electron chi connectivity index (χ4n) is 4.85. The Bertz CT molecular complexity index is 1320. The first-order valence-electron chi connectivity index (χ1n) is 13.5. The maximum atomic E-state index is 14.2. The minimum absolute atomic E-state index is 0.0127. The first kappa shape index (κ1) is 28.9. The monoisotopic (exact) mass is 565 g/mol. The van der Waals surface area contributed by atoms with Crippen molar-refractivity contribution in [2.45, 2.75) is 58.0 Å². The van der Waals surface area contributed by atoms with Crippen molar-refractivity contribution in [3.8, 4) is 11.5 Å². The smallest absolute Gasteiger partial charge is 0.273 e. The number of nitrogen functional groups attached to an aromatic ring is 1. The molecule has 3 aromatic rings. The second-order valence-electron chi connectivity index (χ2n) is 9.49. The Morgan fingerprint density at radius 3 is 2.08 bits per heavy atom. The third-order valence-electron chi connectivity index (χ3n) is 6.77. The van der Waals surface area contributed by atoms with Gasteiger partial charge in [-0.2, -0.15) is 4.37 Å². The minimum Gasteiger partial charge on any atom is -0.494 e. The molecule has 212 valence electrons. The summed E-state index contributed by atoms with van der Waals surface area (Å²) in [4.78, 5) is 41.5. The largest absolute Gasteiger partial charge is 0.494 e. The van der Waals surface area contributed by atoms with Crippen molar-refractivity contribution in [1.29, 1.82) is 0 Å². The van der Waals surface area contributed by atoms with Crippen molar-refractivity contribution in [2.75, 3.05) is 23.8 Å². The fourth-order valence-corrected chi connectivity index (χ4v) is 5.59. The number of anilines is 2. The molecule has 3 amide bonds. The van der Waals surface area contributed by atoms with Crippen molar-refractivity contribution in [3.05, 3.63) is 64.7 Å². The summed E-state index contributed by atoms with van der Waals surface area (Å²) in [7, 11) is 0. The van der Waals surface area contributed by atoms with Crippen molar-refractivity contribution in [2.24, 2.45) is 5.73 Å². The summed E-state index contributed by atoms with van der Waals surface area (Å²) in [5.41, 5.74) is 12.3. The van der Waals surface area contributed by atoms with Gasteiger partial charge in [0.25, 0.3) is 11.8 Å². The highest BCUT2D eigenvalue weighted by Crippen LogP contribution is 2.35. The summed E-state index contributed by atoms with van der Waals surface area (Å²) in [5, 5.41) is 3.18. The lowest BCUT2D eigenvalue weighted by atomic mass is 9.94. The number of aromatic nitrogens is 1. The average Bonchev–Trinajstić information content (AvgIpc) is 3.35. The number of primary amides is 1. The van der Waals surface area contributed by atoms with E-state index in [0.29, 0.717) is 36.0 Å². The topological polar surface area (TPSA) is 150 Å². The van der Waals surface area contributed by atoms with E-state index in [0.717, 1.165) is 43.6 Å². The van der Waals surface area contributed by atoms with Gasteiger partial charge in [-0.1, -0.05) is 31.4 Å². The molecule has 4 rings (SSSR count). The lowest BCUT2D eigenvalue weighted by Gasteiger charge is -2.33. The fraction of sp³-hybridized carbons (Fsp3) is 0.379. The number of ether oxygens (including phenoxy) is 2. The van der Waals surface area contributed by atoms with E-state index >= 15 is 0 Å². The van der Waals surface area contributed by atoms with Crippen LogP contribution in [0.3, 0.4) is 0 Å². The Morgan fingerprint density at radius 1 is 0.975 bits per heavy atom. The molecular formula is C29H35N5O5S. The van der Waals surface area contributed by atoms with Gasteiger partial charge in [0.1, 0.15) is 22.4 Å². The van der Waals surface area contributed by atoms with E-state index < -0.39 is 17.9 Å². The van der Waals surface area contributed by atoms with E-state index in [-0.39, 0.29) is 28.2 Å². The number of hydrogen-bond donors (Lipinski definition) is 3. The molecule has 10 nitrogen and oxygen atoms in total. The highest BCUT2D eigenvalue weighted by atomic mass is 32.1. The van der Waals surface area contributed by atoms with Crippen LogP contribution in [0.4, 0.5) is 11.4 Å². The van der Waals surface area contributed by atoms with Crippen LogP contribution in [0.25, 0.3) is 0 Å². The summed E-state index contributed by atoms with van der Waals surface area (Å²) in [5.74, 6) is -0.468. The zero-order valence-electron chi connectivity index (χ0n) is 22.7. The molecule has 0 unspecified atom stereocenters. The highest BCUT2D eigenvalue weighted by molar-refractivity contribution is 7.09. The van der Waals surface area contributed by atoms with Crippen LogP contribution in [0.1, 0.15) is 77.7 Å². The van der Waals surface area contributed by atoms with E-state index in [9.17, 15) is 14.4 Å². The standard InChI is InChI=1S/C29H35N5O5S/c1-3-38-21-14-10-18(11-15-21)25(28(36)32-19-8-6-5-7-9-19)34(20-12-16-22(17-13-20)39-4-2)29(37)26-23(30)24(27(31)35)33-40-26/h10-17,19,25H,3-9,30H2,1-2H3,(H2,31,35)(H,32,36)/t25-/m0/s1. The summed E-state index contributed by atoms with van der Waals surface area (Å²) in [6, 6.07) is 12.9. The van der Waals surface area contributed by atoms with Crippen molar-refractivity contribution < 1.29 is 23.9 Å². The second-order valence-corrected chi connectivity index (χ2v) is 10.3. The van der Waals surface area contributed by atoms with Crippen LogP contribution < -0.4 is 31.2 Å². The third-order valence-corrected chi connectivity index (χ3v) is 7.62. The predicted octanol–water partition coefficient (Wildman–Crippen LogP) is 4.46. The van der Waals surface area contributed by atoms with Crippen LogP contribution in [-0.4, -0.2) is 41.4 Å². The molecule has 1 atom stereocenters. The number of carbonyl (C=O) groups is 3. The van der Waals surface area contributed by atoms with Gasteiger partial charge in [0.15, 0.2) is 5.69 Å². The molecule has 2 aromatic carbocycles. The van der Waals surface area contributed by atoms with Gasteiger partial charge in [0, 0.05) is 11.7 Å². The van der Waals surface area contributed by atoms with Crippen molar-refractivity contribution in [1.82, 2.24) is 9.69 Å². The number of rotatable bonds is 11. The number of nitrogens with two attached hydrogens (primary N) is 2. The maximum Gasteiger partial charge on any atom is 0.273 e. The van der Waals surface area contributed by atoms with Crippen molar-refractivity contribution in [3.63, 3.8) is 0 Å². The molecule has 0 saturated heterocycles. The van der Waals surface area contributed by atoms with Crippen LogP contribution in [-0.2, 0) is 4.79 Å². The lowest BCUT2D eigenvalue weighted by Crippen LogP contribution is -2.47. The molecule has 1 aliphatic carbocycles. The molecule has 1 fully saturated rings. The van der Waals surface area contributed by atoms with E-state index in [1.807, 2.05) is 13.8 Å². The molecule has 0 radical (unpaired) electrons. The summed E-state index contributed by atoms with van der Waals surface area (Å²) in [6.07, 6.45) is 4.96. The Kier molecular flexibility index (Phi) is 9.60.